The molecule has 3 heterocycles. The third-order valence-electron chi connectivity index (χ3n) is 5.14. The number of nitrogens with one attached hydrogen (secondary N) is 1. The highest BCUT2D eigenvalue weighted by Gasteiger charge is 2.26. The Bertz CT molecular complexity index is 1280. The van der Waals surface area contributed by atoms with Gasteiger partial charge in [-0.05, 0) is 49.6 Å². The van der Waals surface area contributed by atoms with Crippen molar-refractivity contribution in [1.82, 2.24) is 13.7 Å². The fourth-order valence-corrected chi connectivity index (χ4v) is 5.09. The smallest absolute Gasteiger partial charge is 0.270 e. The van der Waals surface area contributed by atoms with Gasteiger partial charge in [0, 0.05) is 31.2 Å². The maximum Gasteiger partial charge on any atom is 0.270 e. The summed E-state index contributed by atoms with van der Waals surface area (Å²) in [6, 6.07) is 9.61. The second-order valence-electron chi connectivity index (χ2n) is 7.36. The van der Waals surface area contributed by atoms with Gasteiger partial charge in [0.05, 0.1) is 4.90 Å². The molecule has 0 saturated carbocycles. The molecule has 1 aliphatic rings. The van der Waals surface area contributed by atoms with Gasteiger partial charge in [-0.1, -0.05) is 18.6 Å². The Morgan fingerprint density at radius 2 is 1.87 bits per heavy atom. The molecule has 1 aromatic carbocycles. The minimum atomic E-state index is -3.62. The van der Waals surface area contributed by atoms with Crippen LogP contribution in [0.25, 0.3) is 5.65 Å². The highest BCUT2D eigenvalue weighted by Crippen LogP contribution is 2.23. The van der Waals surface area contributed by atoms with Gasteiger partial charge in [-0.25, -0.2) is 13.4 Å². The number of benzene rings is 1. The second kappa shape index (κ2) is 8.00. The average molecular weight is 426 g/mol. The Morgan fingerprint density at radius 3 is 2.63 bits per heavy atom. The first kappa shape index (κ1) is 20.2. The molecular formula is C21H22N4O4S. The van der Waals surface area contributed by atoms with E-state index in [1.54, 1.807) is 24.4 Å². The molecule has 3 aromatic rings. The molecule has 0 unspecified atom stereocenters. The van der Waals surface area contributed by atoms with Crippen molar-refractivity contribution in [2.24, 2.45) is 0 Å². The predicted octanol–water partition coefficient (Wildman–Crippen LogP) is 2.43. The summed E-state index contributed by atoms with van der Waals surface area (Å²) in [5.74, 6) is -0.643. The number of amides is 1. The first-order valence-electron chi connectivity index (χ1n) is 9.76. The second-order valence-corrected chi connectivity index (χ2v) is 9.30. The molecule has 1 saturated heterocycles. The zero-order valence-corrected chi connectivity index (χ0v) is 17.4. The number of hydrogen-bond acceptors (Lipinski definition) is 5. The van der Waals surface area contributed by atoms with Crippen LogP contribution in [-0.2, 0) is 10.0 Å². The van der Waals surface area contributed by atoms with Gasteiger partial charge in [-0.15, -0.1) is 0 Å². The number of nitrogens with zero attached hydrogens (tertiary/aromatic N) is 3. The Balaban J connectivity index is 1.61. The lowest BCUT2D eigenvalue weighted by Gasteiger charge is -2.26. The van der Waals surface area contributed by atoms with Crippen LogP contribution in [-0.4, -0.2) is 41.1 Å². The molecule has 30 heavy (non-hydrogen) atoms. The summed E-state index contributed by atoms with van der Waals surface area (Å²) >= 11 is 0. The Morgan fingerprint density at radius 1 is 1.10 bits per heavy atom. The molecule has 0 atom stereocenters. The largest absolute Gasteiger partial charge is 0.322 e. The number of sulfonamides is 1. The lowest BCUT2D eigenvalue weighted by atomic mass is 10.2. The van der Waals surface area contributed by atoms with E-state index >= 15 is 0 Å². The lowest BCUT2D eigenvalue weighted by Crippen LogP contribution is -2.35. The number of anilines is 1. The zero-order chi connectivity index (χ0) is 21.3. The van der Waals surface area contributed by atoms with Crippen LogP contribution in [0.3, 0.4) is 0 Å². The molecule has 0 radical (unpaired) electrons. The third-order valence-corrected chi connectivity index (χ3v) is 7.03. The maximum atomic E-state index is 12.9. The zero-order valence-electron chi connectivity index (χ0n) is 16.5. The maximum absolute atomic E-state index is 12.9. The molecule has 1 fully saturated rings. The van der Waals surface area contributed by atoms with E-state index in [0.717, 1.165) is 24.8 Å². The van der Waals surface area contributed by atoms with Crippen molar-refractivity contribution in [3.05, 3.63) is 70.3 Å². The summed E-state index contributed by atoms with van der Waals surface area (Å²) in [6.07, 6.45) is 5.56. The van der Waals surface area contributed by atoms with Gasteiger partial charge >= 0.3 is 0 Å². The minimum Gasteiger partial charge on any atom is -0.322 e. The van der Waals surface area contributed by atoms with Crippen LogP contribution in [0.5, 0.6) is 0 Å². The van der Waals surface area contributed by atoms with Crippen molar-refractivity contribution in [1.29, 1.82) is 0 Å². The Labute approximate surface area is 174 Å². The highest BCUT2D eigenvalue weighted by atomic mass is 32.2. The van der Waals surface area contributed by atoms with Gasteiger partial charge in [0.1, 0.15) is 11.2 Å². The number of aryl methyl sites for hydroxylation is 1. The van der Waals surface area contributed by atoms with Gasteiger partial charge in [-0.3, -0.25) is 14.0 Å². The molecule has 1 aliphatic heterocycles. The van der Waals surface area contributed by atoms with Crippen LogP contribution in [0, 0.1) is 6.92 Å². The quantitative estimate of drug-likeness (QED) is 0.691. The van der Waals surface area contributed by atoms with E-state index in [4.69, 9.17) is 0 Å². The van der Waals surface area contributed by atoms with Gasteiger partial charge in [0.2, 0.25) is 10.0 Å². The van der Waals surface area contributed by atoms with Gasteiger partial charge in [0.15, 0.2) is 0 Å². The standard InChI is InChI=1S/C21H22N4O4S/c1-15-8-9-19-22-13-18(21(27)25(19)14-15)20(26)23-16-6-5-7-17(12-16)30(28,29)24-10-3-2-4-11-24/h5-9,12-14H,2-4,10-11H2,1H3,(H,23,26). The van der Waals surface area contributed by atoms with Crippen LogP contribution < -0.4 is 10.9 Å². The first-order chi connectivity index (χ1) is 14.4. The number of rotatable bonds is 4. The summed E-state index contributed by atoms with van der Waals surface area (Å²) in [4.78, 5) is 29.7. The Kier molecular flexibility index (Phi) is 5.40. The van der Waals surface area contributed by atoms with Crippen molar-refractivity contribution in [2.45, 2.75) is 31.1 Å². The number of fused-ring (bicyclic) bond motifs is 1. The molecular weight excluding hydrogens is 404 g/mol. The van der Waals surface area contributed by atoms with Crippen molar-refractivity contribution in [3.8, 4) is 0 Å². The summed E-state index contributed by atoms with van der Waals surface area (Å²) in [5.41, 5.74) is 0.990. The van der Waals surface area contributed by atoms with Crippen LogP contribution in [0.4, 0.5) is 5.69 Å². The number of carbonyl (C=O) groups is 1. The molecule has 2 aromatic heterocycles. The molecule has 9 heteroatoms. The number of aromatic nitrogens is 2. The molecule has 0 spiro atoms. The predicted molar refractivity (Wildman–Crippen MR) is 113 cm³/mol. The molecule has 8 nitrogen and oxygen atoms in total. The van der Waals surface area contributed by atoms with Crippen molar-refractivity contribution in [3.63, 3.8) is 0 Å². The lowest BCUT2D eigenvalue weighted by molar-refractivity contribution is 0.102. The fourth-order valence-electron chi connectivity index (χ4n) is 3.53. The van der Waals surface area contributed by atoms with Crippen LogP contribution in [0.15, 0.2) is 58.5 Å². The number of pyridine rings is 1. The van der Waals surface area contributed by atoms with E-state index in [-0.39, 0.29) is 10.5 Å². The van der Waals surface area contributed by atoms with E-state index in [2.05, 4.69) is 10.3 Å². The third kappa shape index (κ3) is 3.86. The summed E-state index contributed by atoms with van der Waals surface area (Å²) < 4.78 is 28.5. The normalized spacial score (nSPS) is 15.2. The molecule has 4 rings (SSSR count). The number of carbonyl (C=O) groups excluding carboxylic acids is 1. The van der Waals surface area contributed by atoms with E-state index in [1.807, 2.05) is 13.0 Å². The van der Waals surface area contributed by atoms with Crippen LogP contribution in [0.1, 0.15) is 35.2 Å². The summed E-state index contributed by atoms with van der Waals surface area (Å²) in [5, 5.41) is 2.62. The van der Waals surface area contributed by atoms with Crippen molar-refractivity contribution in [2.75, 3.05) is 18.4 Å². The average Bonchev–Trinajstić information content (AvgIpc) is 2.75. The fraction of sp³-hybridized carbons (Fsp3) is 0.286. The molecule has 156 valence electrons. The van der Waals surface area contributed by atoms with Gasteiger partial charge in [0.25, 0.3) is 11.5 Å². The molecule has 1 N–H and O–H groups in total. The number of piperidine rings is 1. The SMILES string of the molecule is Cc1ccc2ncc(C(=O)Nc3cccc(S(=O)(=O)N4CCCCC4)c3)c(=O)n2c1. The topological polar surface area (TPSA) is 101 Å². The molecule has 0 aliphatic carbocycles. The minimum absolute atomic E-state index is 0.117. The van der Waals surface area contributed by atoms with E-state index < -0.39 is 21.5 Å². The first-order valence-corrected chi connectivity index (χ1v) is 11.2. The van der Waals surface area contributed by atoms with E-state index in [1.165, 1.54) is 27.0 Å². The van der Waals surface area contributed by atoms with Gasteiger partial charge < -0.3 is 5.32 Å². The van der Waals surface area contributed by atoms with E-state index in [0.29, 0.717) is 24.4 Å². The van der Waals surface area contributed by atoms with Crippen molar-refractivity contribution < 1.29 is 13.2 Å². The highest BCUT2D eigenvalue weighted by molar-refractivity contribution is 7.89. The van der Waals surface area contributed by atoms with E-state index in [9.17, 15) is 18.0 Å². The van der Waals surface area contributed by atoms with Crippen molar-refractivity contribution >= 4 is 27.3 Å². The molecule has 0 bridgehead atoms. The summed E-state index contributed by atoms with van der Waals surface area (Å²) in [6.45, 7) is 2.84. The number of hydrogen-bond donors (Lipinski definition) is 1. The van der Waals surface area contributed by atoms with Crippen LogP contribution in [0.2, 0.25) is 0 Å². The molecule has 1 amide bonds. The summed E-state index contributed by atoms with van der Waals surface area (Å²) in [7, 11) is -3.62. The van der Waals surface area contributed by atoms with Crippen LogP contribution >= 0.6 is 0 Å². The van der Waals surface area contributed by atoms with Gasteiger partial charge in [-0.2, -0.15) is 4.31 Å². The monoisotopic (exact) mass is 426 g/mol. The Hall–Kier alpha value is -3.04.